The highest BCUT2D eigenvalue weighted by Gasteiger charge is 2.29. The van der Waals surface area contributed by atoms with Crippen LogP contribution in [0.3, 0.4) is 0 Å². The molecule has 158 valence electrons. The number of hydrogen-bond acceptors (Lipinski definition) is 4. The van der Waals surface area contributed by atoms with Gasteiger partial charge in [0.1, 0.15) is 5.75 Å². The monoisotopic (exact) mass is 401 g/mol. The molecule has 0 bridgehead atoms. The summed E-state index contributed by atoms with van der Waals surface area (Å²) in [7, 11) is 1.61. The lowest BCUT2D eigenvalue weighted by atomic mass is 10.0. The quantitative estimate of drug-likeness (QED) is 0.616. The molecule has 1 saturated carbocycles. The maximum absolute atomic E-state index is 12.6. The zero-order chi connectivity index (χ0) is 20.6. The van der Waals surface area contributed by atoms with E-state index in [0.29, 0.717) is 38.9 Å². The lowest BCUT2D eigenvalue weighted by Crippen LogP contribution is -2.47. The summed E-state index contributed by atoms with van der Waals surface area (Å²) in [4.78, 5) is 38.1. The van der Waals surface area contributed by atoms with Gasteiger partial charge in [0.05, 0.1) is 13.5 Å². The summed E-state index contributed by atoms with van der Waals surface area (Å²) in [6.45, 7) is 1.85. The van der Waals surface area contributed by atoms with Crippen LogP contribution >= 0.6 is 0 Å². The third kappa shape index (κ3) is 6.48. The molecule has 0 atom stereocenters. The molecule has 1 aliphatic carbocycles. The smallest absolute Gasteiger partial charge is 0.227 e. The van der Waals surface area contributed by atoms with E-state index in [1.54, 1.807) is 7.11 Å². The molecule has 0 spiro atoms. The largest absolute Gasteiger partial charge is 0.496 e. The van der Waals surface area contributed by atoms with Crippen molar-refractivity contribution < 1.29 is 19.1 Å². The molecule has 3 amide bonds. The Hall–Kier alpha value is -2.57. The van der Waals surface area contributed by atoms with Crippen LogP contribution in [0.15, 0.2) is 24.3 Å². The van der Waals surface area contributed by atoms with Gasteiger partial charge in [0.15, 0.2) is 0 Å². The fraction of sp³-hybridized carbons (Fsp3) is 0.591. The van der Waals surface area contributed by atoms with Gasteiger partial charge in [-0.25, -0.2) is 0 Å². The Morgan fingerprint density at radius 1 is 1.10 bits per heavy atom. The molecule has 1 aliphatic heterocycles. The summed E-state index contributed by atoms with van der Waals surface area (Å²) in [5.41, 5.74) is 0.893. The number of piperidine rings is 1. The number of rotatable bonds is 9. The number of amides is 3. The highest BCUT2D eigenvalue weighted by molar-refractivity contribution is 5.81. The maximum Gasteiger partial charge on any atom is 0.227 e. The molecule has 2 aliphatic rings. The molecule has 0 unspecified atom stereocenters. The molecule has 0 aromatic heterocycles. The van der Waals surface area contributed by atoms with E-state index in [1.165, 1.54) is 0 Å². The van der Waals surface area contributed by atoms with E-state index in [4.69, 9.17) is 4.74 Å². The first-order chi connectivity index (χ1) is 14.1. The number of hydrogen-bond donors (Lipinski definition) is 2. The third-order valence-electron chi connectivity index (χ3n) is 5.57. The Morgan fingerprint density at radius 2 is 1.83 bits per heavy atom. The van der Waals surface area contributed by atoms with Crippen LogP contribution in [-0.2, 0) is 20.8 Å². The van der Waals surface area contributed by atoms with E-state index in [2.05, 4.69) is 10.6 Å². The summed E-state index contributed by atoms with van der Waals surface area (Å²) in [6.07, 6.45) is 4.91. The van der Waals surface area contributed by atoms with Gasteiger partial charge in [-0.1, -0.05) is 18.2 Å². The molecule has 1 heterocycles. The first kappa shape index (κ1) is 21.1. The van der Waals surface area contributed by atoms with Gasteiger partial charge < -0.3 is 20.3 Å². The fourth-order valence-electron chi connectivity index (χ4n) is 3.65. The second-order valence-corrected chi connectivity index (χ2v) is 7.88. The average Bonchev–Trinajstić information content (AvgIpc) is 3.57. The second-order valence-electron chi connectivity index (χ2n) is 7.88. The van der Waals surface area contributed by atoms with E-state index < -0.39 is 0 Å². The summed E-state index contributed by atoms with van der Waals surface area (Å²) >= 11 is 0. The Bertz CT molecular complexity index is 725. The van der Waals surface area contributed by atoms with Crippen molar-refractivity contribution in [3.63, 3.8) is 0 Å². The Labute approximate surface area is 172 Å². The normalized spacial score (nSPS) is 16.9. The predicted molar refractivity (Wildman–Crippen MR) is 109 cm³/mol. The van der Waals surface area contributed by atoms with Gasteiger partial charge in [-0.3, -0.25) is 14.4 Å². The minimum absolute atomic E-state index is 0.0180. The highest BCUT2D eigenvalue weighted by Crippen LogP contribution is 2.28. The molecule has 2 fully saturated rings. The Kier molecular flexibility index (Phi) is 7.49. The van der Waals surface area contributed by atoms with E-state index in [-0.39, 0.29) is 29.7 Å². The molecule has 1 aromatic rings. The first-order valence-electron chi connectivity index (χ1n) is 10.5. The number of carbonyl (C=O) groups is 3. The van der Waals surface area contributed by atoms with Gasteiger partial charge in [-0.2, -0.15) is 0 Å². The SMILES string of the molecule is COc1ccccc1CC(=O)N1CCC(NC(=O)CCCNC(=O)C2CC2)CC1. The minimum atomic E-state index is 0.0180. The van der Waals surface area contributed by atoms with Crippen LogP contribution in [0, 0.1) is 5.92 Å². The molecule has 7 nitrogen and oxygen atoms in total. The molecular formula is C22H31N3O4. The highest BCUT2D eigenvalue weighted by atomic mass is 16.5. The molecule has 2 N–H and O–H groups in total. The van der Waals surface area contributed by atoms with Gasteiger partial charge in [0.25, 0.3) is 0 Å². The van der Waals surface area contributed by atoms with Gasteiger partial charge in [-0.15, -0.1) is 0 Å². The van der Waals surface area contributed by atoms with Crippen LogP contribution < -0.4 is 15.4 Å². The number of benzene rings is 1. The van der Waals surface area contributed by atoms with E-state index in [9.17, 15) is 14.4 Å². The molecule has 7 heteroatoms. The van der Waals surface area contributed by atoms with Crippen LogP contribution in [-0.4, -0.2) is 55.4 Å². The van der Waals surface area contributed by atoms with Crippen molar-refractivity contribution in [1.82, 2.24) is 15.5 Å². The minimum Gasteiger partial charge on any atom is -0.496 e. The second kappa shape index (κ2) is 10.3. The summed E-state index contributed by atoms with van der Waals surface area (Å²) < 4.78 is 5.32. The molecular weight excluding hydrogens is 370 g/mol. The van der Waals surface area contributed by atoms with Crippen molar-refractivity contribution in [2.24, 2.45) is 5.92 Å². The maximum atomic E-state index is 12.6. The summed E-state index contributed by atoms with van der Waals surface area (Å²) in [5, 5.41) is 5.94. The van der Waals surface area contributed by atoms with Crippen molar-refractivity contribution in [1.29, 1.82) is 0 Å². The lowest BCUT2D eigenvalue weighted by molar-refractivity contribution is -0.131. The van der Waals surface area contributed by atoms with Crippen molar-refractivity contribution >= 4 is 17.7 Å². The van der Waals surface area contributed by atoms with Crippen LogP contribution in [0.5, 0.6) is 5.75 Å². The average molecular weight is 402 g/mol. The predicted octanol–water partition coefficient (Wildman–Crippen LogP) is 1.65. The Balaban J connectivity index is 1.32. The van der Waals surface area contributed by atoms with Crippen molar-refractivity contribution in [3.05, 3.63) is 29.8 Å². The van der Waals surface area contributed by atoms with E-state index >= 15 is 0 Å². The van der Waals surface area contributed by atoms with Crippen LogP contribution in [0.4, 0.5) is 0 Å². The summed E-state index contributed by atoms with van der Waals surface area (Å²) in [5.74, 6) is 1.17. The van der Waals surface area contributed by atoms with Crippen molar-refractivity contribution in [3.8, 4) is 5.75 Å². The Morgan fingerprint density at radius 3 is 2.52 bits per heavy atom. The summed E-state index contributed by atoms with van der Waals surface area (Å²) in [6, 6.07) is 7.68. The van der Waals surface area contributed by atoms with Crippen molar-refractivity contribution in [2.75, 3.05) is 26.7 Å². The zero-order valence-electron chi connectivity index (χ0n) is 17.1. The van der Waals surface area contributed by atoms with Gasteiger partial charge in [0, 0.05) is 43.6 Å². The zero-order valence-corrected chi connectivity index (χ0v) is 17.1. The van der Waals surface area contributed by atoms with Crippen LogP contribution in [0.25, 0.3) is 0 Å². The molecule has 1 saturated heterocycles. The van der Waals surface area contributed by atoms with Gasteiger partial charge in [-0.05, 0) is 38.2 Å². The number of likely N-dealkylation sites (tertiary alicyclic amines) is 1. The topological polar surface area (TPSA) is 87.7 Å². The number of ether oxygens (including phenoxy) is 1. The number of nitrogens with zero attached hydrogens (tertiary/aromatic N) is 1. The van der Waals surface area contributed by atoms with Crippen LogP contribution in [0.2, 0.25) is 0 Å². The number of methoxy groups -OCH3 is 1. The van der Waals surface area contributed by atoms with Crippen LogP contribution in [0.1, 0.15) is 44.1 Å². The lowest BCUT2D eigenvalue weighted by Gasteiger charge is -2.32. The van der Waals surface area contributed by atoms with Gasteiger partial charge >= 0.3 is 0 Å². The van der Waals surface area contributed by atoms with E-state index in [0.717, 1.165) is 37.0 Å². The number of carbonyl (C=O) groups excluding carboxylic acids is 3. The molecule has 0 radical (unpaired) electrons. The standard InChI is InChI=1S/C22H31N3O4/c1-29-19-6-3-2-5-17(19)15-21(27)25-13-10-18(11-14-25)24-20(26)7-4-12-23-22(28)16-8-9-16/h2-3,5-6,16,18H,4,7-15H2,1H3,(H,23,28)(H,24,26). The first-order valence-corrected chi connectivity index (χ1v) is 10.5. The fourth-order valence-corrected chi connectivity index (χ4v) is 3.65. The number of para-hydroxylation sites is 1. The van der Waals surface area contributed by atoms with E-state index in [1.807, 2.05) is 29.2 Å². The molecule has 1 aromatic carbocycles. The third-order valence-corrected chi connectivity index (χ3v) is 5.57. The molecule has 3 rings (SSSR count). The molecule has 29 heavy (non-hydrogen) atoms. The van der Waals surface area contributed by atoms with Gasteiger partial charge in [0.2, 0.25) is 17.7 Å². The van der Waals surface area contributed by atoms with Crippen molar-refractivity contribution in [2.45, 2.75) is 51.0 Å². The number of nitrogens with one attached hydrogen (secondary N) is 2.